The van der Waals surface area contributed by atoms with Gasteiger partial charge in [-0.1, -0.05) is 12.1 Å². The van der Waals surface area contributed by atoms with Gasteiger partial charge in [0.2, 0.25) is 5.91 Å². The number of rotatable bonds is 5. The van der Waals surface area contributed by atoms with Crippen LogP contribution in [0.1, 0.15) is 16.6 Å². The van der Waals surface area contributed by atoms with Gasteiger partial charge in [0, 0.05) is 6.20 Å². The van der Waals surface area contributed by atoms with Gasteiger partial charge in [-0.2, -0.15) is 0 Å². The average Bonchev–Trinajstić information content (AvgIpc) is 2.96. The van der Waals surface area contributed by atoms with Gasteiger partial charge in [0.15, 0.2) is 0 Å². The highest BCUT2D eigenvalue weighted by atomic mass is 32.2. The molecular formula is C17H18N2O3S. The molecule has 1 saturated heterocycles. The van der Waals surface area contributed by atoms with Crippen molar-refractivity contribution < 1.29 is 14.3 Å². The van der Waals surface area contributed by atoms with Gasteiger partial charge < -0.3 is 14.4 Å². The number of pyridine rings is 1. The van der Waals surface area contributed by atoms with Gasteiger partial charge in [-0.3, -0.25) is 9.78 Å². The number of hydrogen-bond acceptors (Lipinski definition) is 5. The summed E-state index contributed by atoms with van der Waals surface area (Å²) in [7, 11) is 3.24. The van der Waals surface area contributed by atoms with Crippen molar-refractivity contribution in [2.24, 2.45) is 0 Å². The van der Waals surface area contributed by atoms with Gasteiger partial charge in [-0.25, -0.2) is 0 Å². The van der Waals surface area contributed by atoms with Crippen LogP contribution in [0.25, 0.3) is 0 Å². The molecule has 1 aliphatic heterocycles. The van der Waals surface area contributed by atoms with E-state index in [1.807, 2.05) is 41.3 Å². The third kappa shape index (κ3) is 3.12. The van der Waals surface area contributed by atoms with E-state index in [1.54, 1.807) is 32.2 Å². The zero-order chi connectivity index (χ0) is 16.2. The van der Waals surface area contributed by atoms with Crippen molar-refractivity contribution in [2.45, 2.75) is 11.9 Å². The number of benzene rings is 1. The van der Waals surface area contributed by atoms with Crippen molar-refractivity contribution in [3.8, 4) is 11.5 Å². The smallest absolute Gasteiger partial charge is 0.234 e. The molecule has 0 saturated carbocycles. The minimum Gasteiger partial charge on any atom is -0.496 e. The van der Waals surface area contributed by atoms with Gasteiger partial charge in [-0.15, -0.1) is 11.8 Å². The van der Waals surface area contributed by atoms with Gasteiger partial charge >= 0.3 is 0 Å². The Bertz CT molecular complexity index is 671. The fraction of sp³-hybridized carbons (Fsp3) is 0.294. The van der Waals surface area contributed by atoms with E-state index in [1.165, 1.54) is 0 Å². The zero-order valence-corrected chi connectivity index (χ0v) is 13.9. The first-order valence-electron chi connectivity index (χ1n) is 7.26. The number of hydrogen-bond donors (Lipinski definition) is 0. The summed E-state index contributed by atoms with van der Waals surface area (Å²) >= 11 is 1.59. The molecule has 1 unspecified atom stereocenters. The van der Waals surface area contributed by atoms with Crippen LogP contribution in [-0.4, -0.2) is 35.8 Å². The molecular weight excluding hydrogens is 312 g/mol. The second-order valence-corrected chi connectivity index (χ2v) is 6.15. The van der Waals surface area contributed by atoms with Crippen LogP contribution in [0.15, 0.2) is 42.6 Å². The topological polar surface area (TPSA) is 51.7 Å². The summed E-state index contributed by atoms with van der Waals surface area (Å²) in [5.74, 6) is 1.99. The molecule has 1 aromatic carbocycles. The Morgan fingerprint density at radius 1 is 1.17 bits per heavy atom. The highest BCUT2D eigenvalue weighted by Crippen LogP contribution is 2.40. The highest BCUT2D eigenvalue weighted by molar-refractivity contribution is 8.00. The predicted molar refractivity (Wildman–Crippen MR) is 89.5 cm³/mol. The normalized spacial score (nSPS) is 17.4. The van der Waals surface area contributed by atoms with Gasteiger partial charge in [0.25, 0.3) is 0 Å². The third-order valence-corrected chi connectivity index (χ3v) is 4.99. The largest absolute Gasteiger partial charge is 0.496 e. The number of methoxy groups -OCH3 is 2. The number of ether oxygens (including phenoxy) is 2. The Kier molecular flexibility index (Phi) is 4.71. The summed E-state index contributed by atoms with van der Waals surface area (Å²) < 4.78 is 10.9. The van der Waals surface area contributed by atoms with E-state index >= 15 is 0 Å². The Labute approximate surface area is 139 Å². The monoisotopic (exact) mass is 330 g/mol. The summed E-state index contributed by atoms with van der Waals surface area (Å²) in [6, 6.07) is 11.4. The van der Waals surface area contributed by atoms with Crippen LogP contribution in [-0.2, 0) is 11.3 Å². The van der Waals surface area contributed by atoms with Crippen LogP contribution >= 0.6 is 11.8 Å². The molecule has 0 spiro atoms. The Balaban J connectivity index is 1.93. The fourth-order valence-electron chi connectivity index (χ4n) is 2.65. The molecule has 1 aliphatic rings. The van der Waals surface area contributed by atoms with E-state index in [-0.39, 0.29) is 11.3 Å². The Hall–Kier alpha value is -2.21. The molecule has 0 radical (unpaired) electrons. The standard InChI is InChI=1S/C17H18N2O3S/c1-21-14-7-5-8-15(22-2)12(14)10-19-16(20)11-23-17(19)13-6-3-4-9-18-13/h3-9,17H,10-11H2,1-2H3. The summed E-state index contributed by atoms with van der Waals surface area (Å²) in [6.07, 6.45) is 1.75. The maximum atomic E-state index is 12.4. The van der Waals surface area contributed by atoms with E-state index in [4.69, 9.17) is 9.47 Å². The molecule has 1 atom stereocenters. The van der Waals surface area contributed by atoms with E-state index in [2.05, 4.69) is 4.98 Å². The van der Waals surface area contributed by atoms with Crippen molar-refractivity contribution >= 4 is 17.7 Å². The minimum absolute atomic E-state index is 0.0849. The second-order valence-electron chi connectivity index (χ2n) is 5.08. The average molecular weight is 330 g/mol. The number of nitrogens with zero attached hydrogens (tertiary/aromatic N) is 2. The van der Waals surface area contributed by atoms with E-state index in [0.29, 0.717) is 23.8 Å². The maximum Gasteiger partial charge on any atom is 0.234 e. The Morgan fingerprint density at radius 2 is 1.91 bits per heavy atom. The van der Waals surface area contributed by atoms with Crippen molar-refractivity contribution in [3.05, 3.63) is 53.9 Å². The zero-order valence-electron chi connectivity index (χ0n) is 13.1. The van der Waals surface area contributed by atoms with Gasteiger partial charge in [0.1, 0.15) is 16.9 Å². The number of thioether (sulfide) groups is 1. The quantitative estimate of drug-likeness (QED) is 0.844. The lowest BCUT2D eigenvalue weighted by Gasteiger charge is -2.25. The lowest BCUT2D eigenvalue weighted by Crippen LogP contribution is -2.28. The number of carbonyl (C=O) groups is 1. The van der Waals surface area contributed by atoms with Crippen LogP contribution in [0.3, 0.4) is 0 Å². The molecule has 3 rings (SSSR count). The molecule has 2 heterocycles. The van der Waals surface area contributed by atoms with Crippen molar-refractivity contribution in [2.75, 3.05) is 20.0 Å². The van der Waals surface area contributed by atoms with Crippen LogP contribution < -0.4 is 9.47 Å². The molecule has 0 bridgehead atoms. The molecule has 0 aliphatic carbocycles. The van der Waals surface area contributed by atoms with Crippen LogP contribution in [0.2, 0.25) is 0 Å². The number of aromatic nitrogens is 1. The van der Waals surface area contributed by atoms with Crippen LogP contribution in [0, 0.1) is 0 Å². The second kappa shape index (κ2) is 6.91. The fourth-order valence-corrected chi connectivity index (χ4v) is 3.79. The van der Waals surface area contributed by atoms with Crippen molar-refractivity contribution in [1.82, 2.24) is 9.88 Å². The van der Waals surface area contributed by atoms with Gasteiger partial charge in [-0.05, 0) is 24.3 Å². The van der Waals surface area contributed by atoms with Gasteiger partial charge in [0.05, 0.1) is 37.8 Å². The third-order valence-electron chi connectivity index (χ3n) is 3.77. The number of amides is 1. The predicted octanol–water partition coefficient (Wildman–Crippen LogP) is 2.87. The lowest BCUT2D eigenvalue weighted by molar-refractivity contribution is -0.128. The molecule has 23 heavy (non-hydrogen) atoms. The minimum atomic E-state index is -0.0849. The summed E-state index contributed by atoms with van der Waals surface area (Å²) in [6.45, 7) is 0.431. The molecule has 120 valence electrons. The van der Waals surface area contributed by atoms with Crippen LogP contribution in [0.4, 0.5) is 0 Å². The van der Waals surface area contributed by atoms with Crippen molar-refractivity contribution in [3.63, 3.8) is 0 Å². The van der Waals surface area contributed by atoms with E-state index in [9.17, 15) is 4.79 Å². The van der Waals surface area contributed by atoms with E-state index < -0.39 is 0 Å². The number of carbonyl (C=O) groups excluding carboxylic acids is 1. The molecule has 1 aromatic heterocycles. The first-order valence-corrected chi connectivity index (χ1v) is 8.31. The molecule has 1 amide bonds. The van der Waals surface area contributed by atoms with Crippen molar-refractivity contribution in [1.29, 1.82) is 0 Å². The summed E-state index contributed by atoms with van der Waals surface area (Å²) in [5.41, 5.74) is 1.76. The lowest BCUT2D eigenvalue weighted by atomic mass is 10.1. The Morgan fingerprint density at radius 3 is 2.52 bits per heavy atom. The molecule has 0 N–H and O–H groups in total. The summed E-state index contributed by atoms with van der Waals surface area (Å²) in [5, 5.41) is -0.0849. The van der Waals surface area contributed by atoms with E-state index in [0.717, 1.165) is 11.3 Å². The summed E-state index contributed by atoms with van der Waals surface area (Å²) in [4.78, 5) is 18.6. The highest BCUT2D eigenvalue weighted by Gasteiger charge is 2.34. The SMILES string of the molecule is COc1cccc(OC)c1CN1C(=O)CSC1c1ccccn1. The molecule has 2 aromatic rings. The van der Waals surface area contributed by atoms with Crippen LogP contribution in [0.5, 0.6) is 11.5 Å². The first-order chi connectivity index (χ1) is 11.2. The molecule has 5 nitrogen and oxygen atoms in total. The first kappa shape index (κ1) is 15.7. The maximum absolute atomic E-state index is 12.4. The molecule has 6 heteroatoms. The molecule has 1 fully saturated rings.